The lowest BCUT2D eigenvalue weighted by Gasteiger charge is -2.14. The van der Waals surface area contributed by atoms with E-state index in [0.29, 0.717) is 17.7 Å². The van der Waals surface area contributed by atoms with Crippen LogP contribution in [0.25, 0.3) is 0 Å². The topological polar surface area (TPSA) is 34.1 Å². The molecule has 1 heterocycles. The Morgan fingerprint density at radius 3 is 2.90 bits per heavy atom. The number of para-hydroxylation sites is 1. The molecule has 110 valence electrons. The van der Waals surface area contributed by atoms with E-state index in [4.69, 9.17) is 16.3 Å². The minimum Gasteiger partial charge on any atom is -0.485 e. The van der Waals surface area contributed by atoms with Crippen LogP contribution in [0.2, 0.25) is 5.02 Å². The molecule has 3 rings (SSSR count). The number of benzene rings is 1. The summed E-state index contributed by atoms with van der Waals surface area (Å²) in [7, 11) is 0. The molecule has 0 saturated heterocycles. The number of pyridine rings is 1. The van der Waals surface area contributed by atoms with Crippen LogP contribution in [0.4, 0.5) is 0 Å². The normalized spacial score (nSPS) is 14.2. The van der Waals surface area contributed by atoms with Gasteiger partial charge in [-0.3, -0.25) is 4.98 Å². The van der Waals surface area contributed by atoms with Crippen molar-refractivity contribution in [1.29, 1.82) is 0 Å². The fourth-order valence-electron chi connectivity index (χ4n) is 2.21. The van der Waals surface area contributed by atoms with Crippen molar-refractivity contribution in [3.63, 3.8) is 0 Å². The number of rotatable bonds is 6. The van der Waals surface area contributed by atoms with Gasteiger partial charge in [-0.2, -0.15) is 0 Å². The molecule has 0 aliphatic heterocycles. The molecule has 1 aliphatic carbocycles. The van der Waals surface area contributed by atoms with E-state index in [9.17, 15) is 0 Å². The van der Waals surface area contributed by atoms with Crippen molar-refractivity contribution in [2.24, 2.45) is 0 Å². The van der Waals surface area contributed by atoms with Gasteiger partial charge in [-0.05, 0) is 37.5 Å². The van der Waals surface area contributed by atoms with Crippen LogP contribution in [0.1, 0.15) is 29.7 Å². The minimum absolute atomic E-state index is 0.437. The van der Waals surface area contributed by atoms with Crippen molar-refractivity contribution in [2.45, 2.75) is 39.0 Å². The fraction of sp³-hybridized carbons (Fsp3) is 0.353. The third kappa shape index (κ3) is 3.74. The summed E-state index contributed by atoms with van der Waals surface area (Å²) in [5.74, 6) is 0.761. The quantitative estimate of drug-likeness (QED) is 0.879. The summed E-state index contributed by atoms with van der Waals surface area (Å²) in [5.41, 5.74) is 3.17. The van der Waals surface area contributed by atoms with Crippen LogP contribution in [-0.2, 0) is 13.2 Å². The van der Waals surface area contributed by atoms with Gasteiger partial charge < -0.3 is 10.1 Å². The average Bonchev–Trinajstić information content (AvgIpc) is 3.30. The molecular formula is C17H19ClN2O. The lowest BCUT2D eigenvalue weighted by molar-refractivity contribution is 0.296. The molecule has 1 saturated carbocycles. The summed E-state index contributed by atoms with van der Waals surface area (Å²) >= 11 is 6.29. The lowest BCUT2D eigenvalue weighted by Crippen LogP contribution is -2.16. The van der Waals surface area contributed by atoms with E-state index in [1.807, 2.05) is 31.2 Å². The average molecular weight is 303 g/mol. The van der Waals surface area contributed by atoms with E-state index in [0.717, 1.165) is 29.1 Å². The number of aromatic nitrogens is 1. The zero-order valence-electron chi connectivity index (χ0n) is 12.1. The Morgan fingerprint density at radius 1 is 1.29 bits per heavy atom. The molecule has 0 bridgehead atoms. The molecule has 3 nitrogen and oxygen atoms in total. The van der Waals surface area contributed by atoms with Gasteiger partial charge in [0.05, 0.1) is 10.7 Å². The maximum absolute atomic E-state index is 6.29. The second-order valence-electron chi connectivity index (χ2n) is 5.44. The van der Waals surface area contributed by atoms with Crippen LogP contribution in [0, 0.1) is 6.92 Å². The standard InChI is InChI=1S/C17H19ClN2O/c1-12-4-3-9-19-16(12)11-21-17-13(5-2-6-15(17)18)10-20-14-7-8-14/h2-6,9,14,20H,7-8,10-11H2,1H3. The Kier molecular flexibility index (Phi) is 4.42. The maximum Gasteiger partial charge on any atom is 0.142 e. The molecule has 2 aromatic rings. The summed E-state index contributed by atoms with van der Waals surface area (Å²) in [4.78, 5) is 4.35. The first-order valence-electron chi connectivity index (χ1n) is 7.28. The molecule has 0 unspecified atom stereocenters. The van der Waals surface area contributed by atoms with Crippen LogP contribution in [0.3, 0.4) is 0 Å². The van der Waals surface area contributed by atoms with Gasteiger partial charge in [0.1, 0.15) is 12.4 Å². The van der Waals surface area contributed by atoms with Crippen molar-refractivity contribution in [2.75, 3.05) is 0 Å². The van der Waals surface area contributed by atoms with Crippen molar-refractivity contribution in [3.05, 3.63) is 58.4 Å². The molecule has 1 fully saturated rings. The summed E-state index contributed by atoms with van der Waals surface area (Å²) < 4.78 is 5.95. The maximum atomic E-state index is 6.29. The largest absolute Gasteiger partial charge is 0.485 e. The number of nitrogens with one attached hydrogen (secondary N) is 1. The first-order chi connectivity index (χ1) is 10.2. The highest BCUT2D eigenvalue weighted by Crippen LogP contribution is 2.30. The van der Waals surface area contributed by atoms with E-state index in [1.165, 1.54) is 12.8 Å². The molecule has 1 aromatic heterocycles. The SMILES string of the molecule is Cc1cccnc1COc1c(Cl)cccc1CNC1CC1. The molecule has 0 radical (unpaired) electrons. The van der Waals surface area contributed by atoms with E-state index in [-0.39, 0.29) is 0 Å². The summed E-state index contributed by atoms with van der Waals surface area (Å²) in [5, 5.41) is 4.15. The molecule has 4 heteroatoms. The predicted octanol–water partition coefficient (Wildman–Crippen LogP) is 3.87. The van der Waals surface area contributed by atoms with Crippen LogP contribution >= 0.6 is 11.6 Å². The highest BCUT2D eigenvalue weighted by atomic mass is 35.5. The number of nitrogens with zero attached hydrogens (tertiary/aromatic N) is 1. The minimum atomic E-state index is 0.437. The van der Waals surface area contributed by atoms with Crippen molar-refractivity contribution < 1.29 is 4.74 Å². The van der Waals surface area contributed by atoms with Gasteiger partial charge in [-0.15, -0.1) is 0 Å². The van der Waals surface area contributed by atoms with E-state index in [2.05, 4.69) is 16.4 Å². The number of hydrogen-bond acceptors (Lipinski definition) is 3. The Hall–Kier alpha value is -1.58. The van der Waals surface area contributed by atoms with Gasteiger partial charge in [-0.1, -0.05) is 29.8 Å². The first-order valence-corrected chi connectivity index (χ1v) is 7.66. The number of hydrogen-bond donors (Lipinski definition) is 1. The fourth-order valence-corrected chi connectivity index (χ4v) is 2.45. The van der Waals surface area contributed by atoms with Crippen LogP contribution < -0.4 is 10.1 Å². The van der Waals surface area contributed by atoms with E-state index < -0.39 is 0 Å². The molecule has 1 aliphatic rings. The molecule has 1 aromatic carbocycles. The highest BCUT2D eigenvalue weighted by molar-refractivity contribution is 6.32. The molecule has 21 heavy (non-hydrogen) atoms. The van der Waals surface area contributed by atoms with Crippen molar-refractivity contribution in [1.82, 2.24) is 10.3 Å². The van der Waals surface area contributed by atoms with Gasteiger partial charge in [-0.25, -0.2) is 0 Å². The molecular weight excluding hydrogens is 284 g/mol. The number of ether oxygens (including phenoxy) is 1. The molecule has 0 atom stereocenters. The summed E-state index contributed by atoms with van der Waals surface area (Å²) in [6.45, 7) is 3.27. The monoisotopic (exact) mass is 302 g/mol. The highest BCUT2D eigenvalue weighted by Gasteiger charge is 2.21. The molecule has 0 amide bonds. The third-order valence-electron chi connectivity index (χ3n) is 3.68. The second kappa shape index (κ2) is 6.46. The van der Waals surface area contributed by atoms with Crippen molar-refractivity contribution >= 4 is 11.6 Å². The molecule has 1 N–H and O–H groups in total. The zero-order chi connectivity index (χ0) is 14.7. The van der Waals surface area contributed by atoms with Gasteiger partial charge in [0.15, 0.2) is 0 Å². The van der Waals surface area contributed by atoms with Gasteiger partial charge in [0.2, 0.25) is 0 Å². The van der Waals surface area contributed by atoms with Crippen LogP contribution in [0.5, 0.6) is 5.75 Å². The Balaban J connectivity index is 1.72. The lowest BCUT2D eigenvalue weighted by atomic mass is 10.2. The number of aryl methyl sites for hydroxylation is 1. The van der Waals surface area contributed by atoms with Gasteiger partial charge in [0, 0.05) is 24.3 Å². The van der Waals surface area contributed by atoms with E-state index >= 15 is 0 Å². The van der Waals surface area contributed by atoms with Gasteiger partial charge >= 0.3 is 0 Å². The summed E-state index contributed by atoms with van der Waals surface area (Å²) in [6.07, 6.45) is 4.32. The van der Waals surface area contributed by atoms with Crippen LogP contribution in [0.15, 0.2) is 36.5 Å². The van der Waals surface area contributed by atoms with E-state index in [1.54, 1.807) is 6.20 Å². The smallest absolute Gasteiger partial charge is 0.142 e. The zero-order valence-corrected chi connectivity index (χ0v) is 12.9. The second-order valence-corrected chi connectivity index (χ2v) is 5.85. The Labute approximate surface area is 130 Å². The van der Waals surface area contributed by atoms with Gasteiger partial charge in [0.25, 0.3) is 0 Å². The van der Waals surface area contributed by atoms with Crippen LogP contribution in [-0.4, -0.2) is 11.0 Å². The summed E-state index contributed by atoms with van der Waals surface area (Å²) in [6, 6.07) is 10.5. The van der Waals surface area contributed by atoms with Crippen molar-refractivity contribution in [3.8, 4) is 5.75 Å². The first kappa shape index (κ1) is 14.4. The Bertz CT molecular complexity index is 626. The Morgan fingerprint density at radius 2 is 2.14 bits per heavy atom. The predicted molar refractivity (Wildman–Crippen MR) is 84.6 cm³/mol. The third-order valence-corrected chi connectivity index (χ3v) is 3.98. The molecule has 0 spiro atoms. The number of halogens is 1.